The molecule has 0 aliphatic carbocycles. The number of likely N-dealkylation sites (tertiary alicyclic amines) is 1. The predicted molar refractivity (Wildman–Crippen MR) is 47.7 cm³/mol. The second kappa shape index (κ2) is 3.23. The van der Waals surface area contributed by atoms with Gasteiger partial charge in [-0.3, -0.25) is 9.88 Å². The van der Waals surface area contributed by atoms with Crippen molar-refractivity contribution in [3.05, 3.63) is 30.1 Å². The highest BCUT2D eigenvalue weighted by Gasteiger charge is 2.22. The van der Waals surface area contributed by atoms with Crippen LogP contribution in [0.5, 0.6) is 0 Å². The van der Waals surface area contributed by atoms with Gasteiger partial charge in [-0.2, -0.15) is 0 Å². The van der Waals surface area contributed by atoms with Crippen molar-refractivity contribution in [3.8, 4) is 0 Å². The van der Waals surface area contributed by atoms with E-state index < -0.39 is 0 Å². The van der Waals surface area contributed by atoms with Gasteiger partial charge < -0.3 is 0 Å². The van der Waals surface area contributed by atoms with Gasteiger partial charge in [0.25, 0.3) is 0 Å². The molecule has 0 amide bonds. The number of pyridine rings is 1. The number of aromatic nitrogens is 1. The van der Waals surface area contributed by atoms with E-state index in [1.54, 1.807) is 6.20 Å². The van der Waals surface area contributed by atoms with E-state index in [-0.39, 0.29) is 0 Å². The van der Waals surface area contributed by atoms with Gasteiger partial charge in [0.1, 0.15) is 0 Å². The summed E-state index contributed by atoms with van der Waals surface area (Å²) in [5.41, 5.74) is 1.23. The van der Waals surface area contributed by atoms with Crippen molar-refractivity contribution in [3.63, 3.8) is 0 Å². The Morgan fingerprint density at radius 2 is 2.58 bits per heavy atom. The monoisotopic (exact) mass is 161 g/mol. The highest BCUT2D eigenvalue weighted by atomic mass is 15.1. The van der Waals surface area contributed by atoms with E-state index in [0.717, 1.165) is 0 Å². The van der Waals surface area contributed by atoms with Gasteiger partial charge in [-0.25, -0.2) is 0 Å². The van der Waals surface area contributed by atoms with Crippen LogP contribution in [0.15, 0.2) is 18.5 Å². The fourth-order valence-electron chi connectivity index (χ4n) is 1.82. The van der Waals surface area contributed by atoms with Crippen molar-refractivity contribution in [2.24, 2.45) is 0 Å². The highest BCUT2D eigenvalue weighted by Crippen LogP contribution is 2.28. The molecule has 1 radical (unpaired) electrons. The number of hydrogen-bond donors (Lipinski definition) is 0. The average molecular weight is 161 g/mol. The molecular weight excluding hydrogens is 148 g/mol. The van der Waals surface area contributed by atoms with Gasteiger partial charge >= 0.3 is 0 Å². The van der Waals surface area contributed by atoms with Crippen LogP contribution >= 0.6 is 0 Å². The summed E-state index contributed by atoms with van der Waals surface area (Å²) in [7, 11) is 2.17. The molecule has 1 saturated heterocycles. The molecule has 2 heterocycles. The van der Waals surface area contributed by atoms with Crippen LogP contribution in [-0.4, -0.2) is 23.5 Å². The first-order chi connectivity index (χ1) is 5.88. The van der Waals surface area contributed by atoms with Crippen molar-refractivity contribution in [1.82, 2.24) is 9.88 Å². The van der Waals surface area contributed by atoms with Crippen molar-refractivity contribution < 1.29 is 0 Å². The van der Waals surface area contributed by atoms with E-state index in [1.807, 2.05) is 12.3 Å². The molecule has 2 nitrogen and oxygen atoms in total. The summed E-state index contributed by atoms with van der Waals surface area (Å²) in [5.74, 6) is 0. The third-order valence-electron chi connectivity index (χ3n) is 2.50. The Morgan fingerprint density at radius 1 is 1.67 bits per heavy atom. The Hall–Kier alpha value is -0.890. The number of nitrogens with zero attached hydrogens (tertiary/aromatic N) is 2. The molecule has 0 bridgehead atoms. The van der Waals surface area contributed by atoms with Crippen molar-refractivity contribution >= 4 is 0 Å². The van der Waals surface area contributed by atoms with Gasteiger partial charge in [0, 0.05) is 18.4 Å². The fourth-order valence-corrected chi connectivity index (χ4v) is 1.82. The molecule has 2 rings (SSSR count). The normalized spacial score (nSPS) is 24.6. The molecule has 0 unspecified atom stereocenters. The smallest absolute Gasteiger partial charge is 0.0366 e. The third kappa shape index (κ3) is 1.34. The van der Waals surface area contributed by atoms with E-state index in [2.05, 4.69) is 23.0 Å². The van der Waals surface area contributed by atoms with Gasteiger partial charge in [0.05, 0.1) is 0 Å². The van der Waals surface area contributed by atoms with Gasteiger partial charge in [0.2, 0.25) is 0 Å². The first-order valence-electron chi connectivity index (χ1n) is 4.40. The first kappa shape index (κ1) is 7.74. The van der Waals surface area contributed by atoms with Gasteiger partial charge in [-0.15, -0.1) is 0 Å². The summed E-state index contributed by atoms with van der Waals surface area (Å²) in [6.45, 7) is 1.20. The quantitative estimate of drug-likeness (QED) is 0.622. The van der Waals surface area contributed by atoms with Crippen molar-refractivity contribution in [2.75, 3.05) is 13.6 Å². The summed E-state index contributed by atoms with van der Waals surface area (Å²) in [5, 5.41) is 0. The maximum atomic E-state index is 4.11. The van der Waals surface area contributed by atoms with Gasteiger partial charge in [0.15, 0.2) is 0 Å². The molecule has 1 fully saturated rings. The Morgan fingerprint density at radius 3 is 3.17 bits per heavy atom. The summed E-state index contributed by atoms with van der Waals surface area (Å²) in [6.07, 6.45) is 6.24. The van der Waals surface area contributed by atoms with Crippen LogP contribution in [-0.2, 0) is 0 Å². The molecular formula is C10H13N2. The third-order valence-corrected chi connectivity index (χ3v) is 2.50. The maximum Gasteiger partial charge on any atom is 0.0366 e. The van der Waals surface area contributed by atoms with Crippen LogP contribution in [0, 0.1) is 6.07 Å². The lowest BCUT2D eigenvalue weighted by Gasteiger charge is -2.18. The van der Waals surface area contributed by atoms with E-state index in [0.29, 0.717) is 6.04 Å². The lowest BCUT2D eigenvalue weighted by Crippen LogP contribution is -2.17. The van der Waals surface area contributed by atoms with Crippen LogP contribution in [0.25, 0.3) is 0 Å². The minimum atomic E-state index is 0.554. The van der Waals surface area contributed by atoms with Gasteiger partial charge in [-0.05, 0) is 44.1 Å². The van der Waals surface area contributed by atoms with Crippen molar-refractivity contribution in [1.29, 1.82) is 0 Å². The summed E-state index contributed by atoms with van der Waals surface area (Å²) in [4.78, 5) is 6.47. The SMILES string of the molecule is CN1CCC[C@H]1c1[c]ccnc1. The fraction of sp³-hybridized carbons (Fsp3) is 0.500. The Balaban J connectivity index is 2.19. The molecule has 1 aliphatic rings. The molecule has 1 aromatic heterocycles. The van der Waals surface area contributed by atoms with Crippen LogP contribution in [0.2, 0.25) is 0 Å². The molecule has 0 aromatic carbocycles. The molecule has 0 spiro atoms. The predicted octanol–water partition coefficient (Wildman–Crippen LogP) is 1.65. The topological polar surface area (TPSA) is 16.1 Å². The van der Waals surface area contributed by atoms with E-state index in [1.165, 1.54) is 24.9 Å². The standard InChI is InChI=1S/C10H13N2/c1-12-7-3-5-10(12)9-4-2-6-11-8-9/h2,6,8,10H,3,5,7H2,1H3/t10-/m0/s1. The minimum absolute atomic E-state index is 0.554. The average Bonchev–Trinajstić information content (AvgIpc) is 2.53. The minimum Gasteiger partial charge on any atom is -0.299 e. The number of rotatable bonds is 1. The molecule has 0 N–H and O–H groups in total. The molecule has 1 aliphatic heterocycles. The summed E-state index contributed by atoms with van der Waals surface area (Å²) < 4.78 is 0. The molecule has 2 heteroatoms. The van der Waals surface area contributed by atoms with Crippen LogP contribution in [0.3, 0.4) is 0 Å². The van der Waals surface area contributed by atoms with Crippen molar-refractivity contribution in [2.45, 2.75) is 18.9 Å². The van der Waals surface area contributed by atoms with Gasteiger partial charge in [-0.1, -0.05) is 0 Å². The summed E-state index contributed by atoms with van der Waals surface area (Å²) in [6, 6.07) is 5.68. The van der Waals surface area contributed by atoms with Crippen LogP contribution in [0.1, 0.15) is 24.4 Å². The number of hydrogen-bond acceptors (Lipinski definition) is 2. The molecule has 0 saturated carbocycles. The molecule has 12 heavy (non-hydrogen) atoms. The zero-order chi connectivity index (χ0) is 8.39. The molecule has 63 valence electrons. The zero-order valence-electron chi connectivity index (χ0n) is 7.33. The Bertz CT molecular complexity index is 245. The Labute approximate surface area is 73.2 Å². The molecule has 1 atom stereocenters. The van der Waals surface area contributed by atoms with E-state index in [9.17, 15) is 0 Å². The van der Waals surface area contributed by atoms with E-state index >= 15 is 0 Å². The first-order valence-corrected chi connectivity index (χ1v) is 4.40. The van der Waals surface area contributed by atoms with Crippen LogP contribution in [0.4, 0.5) is 0 Å². The second-order valence-corrected chi connectivity index (χ2v) is 3.33. The van der Waals surface area contributed by atoms with Crippen LogP contribution < -0.4 is 0 Å². The zero-order valence-corrected chi connectivity index (χ0v) is 7.33. The van der Waals surface area contributed by atoms with E-state index in [4.69, 9.17) is 0 Å². The summed E-state index contributed by atoms with van der Waals surface area (Å²) >= 11 is 0. The lowest BCUT2D eigenvalue weighted by molar-refractivity contribution is 0.316. The second-order valence-electron chi connectivity index (χ2n) is 3.33. The Kier molecular flexibility index (Phi) is 2.09. The largest absolute Gasteiger partial charge is 0.299 e. The molecule has 1 aromatic rings. The maximum absolute atomic E-state index is 4.11. The highest BCUT2D eigenvalue weighted by molar-refractivity contribution is 5.13. The lowest BCUT2D eigenvalue weighted by atomic mass is 10.1.